The molecule has 0 aliphatic carbocycles. The lowest BCUT2D eigenvalue weighted by atomic mass is 10.2. The minimum Gasteiger partial charge on any atom is -0.419 e. The maximum Gasteiger partial charge on any atom is 0.350 e. The predicted octanol–water partition coefficient (Wildman–Crippen LogP) is 2.31. The number of carbonyl (C=O) groups excluding carboxylic acids is 2. The topological polar surface area (TPSA) is 77.1 Å². The van der Waals surface area contributed by atoms with Gasteiger partial charge in [-0.15, -0.1) is 0 Å². The number of morpholine rings is 1. The first-order chi connectivity index (χ1) is 11.9. The molecule has 0 bridgehead atoms. The first-order valence-electron chi connectivity index (χ1n) is 7.91. The Morgan fingerprint density at radius 2 is 1.80 bits per heavy atom. The van der Waals surface area contributed by atoms with Crippen molar-refractivity contribution in [3.05, 3.63) is 35.0 Å². The summed E-state index contributed by atoms with van der Waals surface area (Å²) in [4.78, 5) is 26.2. The standard InChI is InChI=1S/C17H19ClN2O5/c1-17(2)24-15(21)12(16(22)25-17)10-19-13-9-11(18)3-4-14(13)20-5-7-23-8-6-20/h3-4,9-10,19H,5-8H2,1-2H3. The Kier molecular flexibility index (Phi) is 4.87. The highest BCUT2D eigenvalue weighted by molar-refractivity contribution is 6.31. The largest absolute Gasteiger partial charge is 0.419 e. The zero-order chi connectivity index (χ0) is 18.0. The summed E-state index contributed by atoms with van der Waals surface area (Å²) in [6, 6.07) is 5.40. The summed E-state index contributed by atoms with van der Waals surface area (Å²) in [7, 11) is 0. The van der Waals surface area contributed by atoms with E-state index in [4.69, 9.17) is 25.8 Å². The number of ether oxygens (including phenoxy) is 3. The van der Waals surface area contributed by atoms with Crippen LogP contribution in [0.3, 0.4) is 0 Å². The van der Waals surface area contributed by atoms with Crippen LogP contribution in [0.4, 0.5) is 11.4 Å². The summed E-state index contributed by atoms with van der Waals surface area (Å²) in [6.07, 6.45) is 1.29. The van der Waals surface area contributed by atoms with E-state index in [9.17, 15) is 9.59 Å². The Morgan fingerprint density at radius 1 is 1.16 bits per heavy atom. The van der Waals surface area contributed by atoms with Crippen molar-refractivity contribution < 1.29 is 23.8 Å². The van der Waals surface area contributed by atoms with E-state index in [-0.39, 0.29) is 5.57 Å². The first-order valence-corrected chi connectivity index (χ1v) is 8.29. The average molecular weight is 367 g/mol. The number of hydrogen-bond acceptors (Lipinski definition) is 7. The highest BCUT2D eigenvalue weighted by Gasteiger charge is 2.39. The molecule has 7 nitrogen and oxygen atoms in total. The zero-order valence-electron chi connectivity index (χ0n) is 14.0. The molecule has 2 heterocycles. The fourth-order valence-corrected chi connectivity index (χ4v) is 2.80. The van der Waals surface area contributed by atoms with Gasteiger partial charge in [-0.05, 0) is 18.2 Å². The first kappa shape index (κ1) is 17.6. The third-order valence-corrected chi connectivity index (χ3v) is 4.03. The maximum atomic E-state index is 12.0. The predicted molar refractivity (Wildman–Crippen MR) is 92.5 cm³/mol. The monoisotopic (exact) mass is 366 g/mol. The van der Waals surface area contributed by atoms with Crippen molar-refractivity contribution in [2.75, 3.05) is 36.5 Å². The molecule has 0 aromatic heterocycles. The van der Waals surface area contributed by atoms with Crippen LogP contribution in [0.2, 0.25) is 5.02 Å². The van der Waals surface area contributed by atoms with Crippen LogP contribution >= 0.6 is 11.6 Å². The van der Waals surface area contributed by atoms with E-state index in [1.54, 1.807) is 12.1 Å². The molecule has 2 aliphatic rings. The molecule has 8 heteroatoms. The minimum atomic E-state index is -1.26. The Bertz CT molecular complexity index is 704. The van der Waals surface area contributed by atoms with Crippen molar-refractivity contribution in [1.29, 1.82) is 0 Å². The number of rotatable bonds is 3. The summed E-state index contributed by atoms with van der Waals surface area (Å²) < 4.78 is 15.5. The van der Waals surface area contributed by atoms with Crippen molar-refractivity contribution in [2.45, 2.75) is 19.6 Å². The Labute approximate surface area is 150 Å². The number of nitrogens with zero attached hydrogens (tertiary/aromatic N) is 1. The molecular formula is C17H19ClN2O5. The summed E-state index contributed by atoms with van der Waals surface area (Å²) in [5.41, 5.74) is 1.38. The van der Waals surface area contributed by atoms with Crippen LogP contribution < -0.4 is 10.2 Å². The van der Waals surface area contributed by atoms with E-state index in [2.05, 4.69) is 10.2 Å². The molecule has 25 heavy (non-hydrogen) atoms. The number of hydrogen-bond donors (Lipinski definition) is 1. The van der Waals surface area contributed by atoms with Crippen LogP contribution in [-0.4, -0.2) is 44.0 Å². The van der Waals surface area contributed by atoms with Gasteiger partial charge in [0.05, 0.1) is 24.6 Å². The highest BCUT2D eigenvalue weighted by atomic mass is 35.5. The molecule has 3 rings (SSSR count). The molecule has 0 saturated carbocycles. The lowest BCUT2D eigenvalue weighted by Gasteiger charge is -2.31. The van der Waals surface area contributed by atoms with Gasteiger partial charge in [-0.1, -0.05) is 11.6 Å². The second-order valence-corrected chi connectivity index (χ2v) is 6.58. The molecule has 134 valence electrons. The Morgan fingerprint density at radius 3 is 2.44 bits per heavy atom. The molecule has 1 aromatic rings. The Balaban J connectivity index is 1.84. The van der Waals surface area contributed by atoms with E-state index in [0.717, 1.165) is 18.8 Å². The van der Waals surface area contributed by atoms with Gasteiger partial charge in [0.1, 0.15) is 0 Å². The number of nitrogens with one attached hydrogen (secondary N) is 1. The smallest absolute Gasteiger partial charge is 0.350 e. The molecule has 2 fully saturated rings. The number of cyclic esters (lactones) is 2. The van der Waals surface area contributed by atoms with Crippen molar-refractivity contribution in [3.63, 3.8) is 0 Å². The second kappa shape index (κ2) is 6.93. The second-order valence-electron chi connectivity index (χ2n) is 6.14. The zero-order valence-corrected chi connectivity index (χ0v) is 14.8. The van der Waals surface area contributed by atoms with Gasteiger partial charge in [0.2, 0.25) is 0 Å². The molecule has 0 unspecified atom stereocenters. The van der Waals surface area contributed by atoms with E-state index in [1.165, 1.54) is 20.0 Å². The summed E-state index contributed by atoms with van der Waals surface area (Å²) in [5.74, 6) is -2.73. The van der Waals surface area contributed by atoms with Gasteiger partial charge in [-0.3, -0.25) is 0 Å². The third kappa shape index (κ3) is 4.05. The fourth-order valence-electron chi connectivity index (χ4n) is 2.63. The van der Waals surface area contributed by atoms with E-state index in [1.807, 2.05) is 6.07 Å². The summed E-state index contributed by atoms with van der Waals surface area (Å²) >= 11 is 6.08. The highest BCUT2D eigenvalue weighted by Crippen LogP contribution is 2.30. The lowest BCUT2D eigenvalue weighted by molar-refractivity contribution is -0.222. The van der Waals surface area contributed by atoms with Crippen LogP contribution in [0, 0.1) is 0 Å². The minimum absolute atomic E-state index is 0.202. The van der Waals surface area contributed by atoms with Crippen molar-refractivity contribution in [2.24, 2.45) is 0 Å². The van der Waals surface area contributed by atoms with Crippen LogP contribution in [0.15, 0.2) is 30.0 Å². The molecular weight excluding hydrogens is 348 g/mol. The number of esters is 2. The molecule has 2 saturated heterocycles. The molecule has 1 N–H and O–H groups in total. The van der Waals surface area contributed by atoms with Gasteiger partial charge in [0, 0.05) is 38.2 Å². The van der Waals surface area contributed by atoms with Gasteiger partial charge >= 0.3 is 11.9 Å². The number of benzene rings is 1. The normalized spacial score (nSPS) is 20.0. The number of anilines is 2. The number of carbonyl (C=O) groups is 2. The van der Waals surface area contributed by atoms with E-state index >= 15 is 0 Å². The van der Waals surface area contributed by atoms with Crippen LogP contribution in [0.5, 0.6) is 0 Å². The molecule has 0 spiro atoms. The molecule has 1 aromatic carbocycles. The molecule has 0 amide bonds. The fraction of sp³-hybridized carbons (Fsp3) is 0.412. The average Bonchev–Trinajstić information content (AvgIpc) is 2.54. The quantitative estimate of drug-likeness (QED) is 0.499. The summed E-state index contributed by atoms with van der Waals surface area (Å²) in [5, 5.41) is 3.51. The molecule has 2 aliphatic heterocycles. The van der Waals surface area contributed by atoms with Crippen molar-refractivity contribution >= 4 is 34.9 Å². The Hall–Kier alpha value is -2.25. The van der Waals surface area contributed by atoms with E-state index in [0.29, 0.717) is 23.9 Å². The van der Waals surface area contributed by atoms with Gasteiger partial charge in [0.25, 0.3) is 5.79 Å². The van der Waals surface area contributed by atoms with E-state index < -0.39 is 17.7 Å². The van der Waals surface area contributed by atoms with Gasteiger partial charge in [-0.25, -0.2) is 9.59 Å². The van der Waals surface area contributed by atoms with Gasteiger partial charge in [0.15, 0.2) is 5.57 Å². The van der Waals surface area contributed by atoms with Gasteiger partial charge < -0.3 is 24.4 Å². The summed E-state index contributed by atoms with van der Waals surface area (Å²) in [6.45, 7) is 5.76. The number of halogens is 1. The van der Waals surface area contributed by atoms with Gasteiger partial charge in [-0.2, -0.15) is 0 Å². The van der Waals surface area contributed by atoms with Crippen LogP contribution in [-0.2, 0) is 23.8 Å². The lowest BCUT2D eigenvalue weighted by Crippen LogP contribution is -2.42. The molecule has 0 atom stereocenters. The molecule has 0 radical (unpaired) electrons. The van der Waals surface area contributed by atoms with Crippen molar-refractivity contribution in [3.8, 4) is 0 Å². The van der Waals surface area contributed by atoms with Crippen molar-refractivity contribution in [1.82, 2.24) is 0 Å². The maximum absolute atomic E-state index is 12.0. The third-order valence-electron chi connectivity index (χ3n) is 3.80. The van der Waals surface area contributed by atoms with Crippen LogP contribution in [0.1, 0.15) is 13.8 Å². The van der Waals surface area contributed by atoms with Crippen LogP contribution in [0.25, 0.3) is 0 Å². The SMILES string of the molecule is CC1(C)OC(=O)C(=CNc2cc(Cl)ccc2N2CCOCC2)C(=O)O1.